The molecule has 1 aliphatic rings. The molecule has 0 bridgehead atoms. The lowest BCUT2D eigenvalue weighted by Crippen LogP contribution is -2.38. The Hall–Kier alpha value is -1.90. The van der Waals surface area contributed by atoms with E-state index < -0.39 is 0 Å². The first-order valence-electron chi connectivity index (χ1n) is 6.33. The largest absolute Gasteiger partial charge is 0.394 e. The van der Waals surface area contributed by atoms with Crippen molar-refractivity contribution in [1.82, 2.24) is 9.88 Å². The van der Waals surface area contributed by atoms with Crippen LogP contribution in [0.1, 0.15) is 28.9 Å². The molecular weight excluding hydrogens is 242 g/mol. The van der Waals surface area contributed by atoms with Crippen LogP contribution >= 0.6 is 0 Å². The van der Waals surface area contributed by atoms with Crippen molar-refractivity contribution in [3.8, 4) is 11.8 Å². The van der Waals surface area contributed by atoms with E-state index in [0.717, 1.165) is 12.8 Å². The van der Waals surface area contributed by atoms with Crippen molar-refractivity contribution in [2.24, 2.45) is 5.73 Å². The molecule has 1 aliphatic heterocycles. The number of pyridine rings is 1. The molecule has 0 aliphatic carbocycles. The number of aliphatic hydroxyl groups excluding tert-OH is 1. The number of hydrogen-bond donors (Lipinski definition) is 2. The summed E-state index contributed by atoms with van der Waals surface area (Å²) in [6.45, 7) is 0.887. The molecule has 2 heterocycles. The highest BCUT2D eigenvalue weighted by atomic mass is 16.3. The average Bonchev–Trinajstić information content (AvgIpc) is 2.93. The Morgan fingerprint density at radius 2 is 2.47 bits per heavy atom. The summed E-state index contributed by atoms with van der Waals surface area (Å²) >= 11 is 0. The molecule has 0 saturated carbocycles. The quantitative estimate of drug-likeness (QED) is 0.732. The molecule has 100 valence electrons. The number of likely N-dealkylation sites (tertiary alicyclic amines) is 1. The van der Waals surface area contributed by atoms with E-state index in [-0.39, 0.29) is 25.1 Å². The van der Waals surface area contributed by atoms with E-state index in [1.54, 1.807) is 23.2 Å². The van der Waals surface area contributed by atoms with E-state index in [1.165, 1.54) is 0 Å². The average molecular weight is 259 g/mol. The Labute approximate surface area is 112 Å². The molecule has 1 unspecified atom stereocenters. The van der Waals surface area contributed by atoms with Crippen LogP contribution in [0.15, 0.2) is 18.3 Å². The van der Waals surface area contributed by atoms with Gasteiger partial charge in [0.2, 0.25) is 0 Å². The van der Waals surface area contributed by atoms with Crippen molar-refractivity contribution >= 4 is 5.91 Å². The molecule has 5 heteroatoms. The third-order valence-electron chi connectivity index (χ3n) is 3.18. The highest BCUT2D eigenvalue weighted by Gasteiger charge is 2.30. The van der Waals surface area contributed by atoms with Gasteiger partial charge < -0.3 is 15.7 Å². The number of carbonyl (C=O) groups excluding carboxylic acids is 1. The minimum absolute atomic E-state index is 0.0115. The number of nitrogens with zero attached hydrogens (tertiary/aromatic N) is 2. The lowest BCUT2D eigenvalue weighted by molar-refractivity contribution is 0.0671. The molecule has 2 rings (SSSR count). The molecule has 19 heavy (non-hydrogen) atoms. The third kappa shape index (κ3) is 2.92. The highest BCUT2D eigenvalue weighted by Crippen LogP contribution is 2.20. The topological polar surface area (TPSA) is 79.5 Å². The molecule has 3 N–H and O–H groups in total. The van der Waals surface area contributed by atoms with Gasteiger partial charge in [-0.3, -0.25) is 4.79 Å². The lowest BCUT2D eigenvalue weighted by Gasteiger charge is -2.22. The summed E-state index contributed by atoms with van der Waals surface area (Å²) in [5.74, 6) is 5.43. The van der Waals surface area contributed by atoms with E-state index in [1.807, 2.05) is 0 Å². The van der Waals surface area contributed by atoms with Gasteiger partial charge >= 0.3 is 0 Å². The van der Waals surface area contributed by atoms with Gasteiger partial charge in [0.05, 0.1) is 24.8 Å². The number of rotatable bonds is 2. The molecule has 0 spiro atoms. The van der Waals surface area contributed by atoms with E-state index >= 15 is 0 Å². The van der Waals surface area contributed by atoms with Crippen LogP contribution in [0.4, 0.5) is 0 Å². The molecule has 0 radical (unpaired) electrons. The van der Waals surface area contributed by atoms with Crippen LogP contribution in [0.2, 0.25) is 0 Å². The summed E-state index contributed by atoms with van der Waals surface area (Å²) in [7, 11) is 0. The van der Waals surface area contributed by atoms with Gasteiger partial charge in [-0.15, -0.1) is 0 Å². The summed E-state index contributed by atoms with van der Waals surface area (Å²) in [4.78, 5) is 18.3. The van der Waals surface area contributed by atoms with Gasteiger partial charge in [0.25, 0.3) is 5.91 Å². The number of hydrogen-bond acceptors (Lipinski definition) is 4. The number of aliphatic hydroxyl groups is 1. The zero-order valence-electron chi connectivity index (χ0n) is 10.7. The minimum atomic E-state index is -0.168. The summed E-state index contributed by atoms with van der Waals surface area (Å²) in [5, 5.41) is 9.28. The molecule has 1 amide bonds. The number of amides is 1. The number of aromatic nitrogens is 1. The van der Waals surface area contributed by atoms with Gasteiger partial charge in [0.1, 0.15) is 5.69 Å². The Morgan fingerprint density at radius 1 is 1.63 bits per heavy atom. The predicted molar refractivity (Wildman–Crippen MR) is 71.3 cm³/mol. The van der Waals surface area contributed by atoms with Gasteiger partial charge in [0, 0.05) is 12.7 Å². The van der Waals surface area contributed by atoms with Crippen molar-refractivity contribution in [3.63, 3.8) is 0 Å². The van der Waals surface area contributed by atoms with Crippen molar-refractivity contribution in [2.45, 2.75) is 18.9 Å². The molecule has 5 nitrogen and oxygen atoms in total. The SMILES string of the molecule is NCC#Cc1cccnc1C(=O)N1CCCC1CO. The highest BCUT2D eigenvalue weighted by molar-refractivity contribution is 5.95. The fraction of sp³-hybridized carbons (Fsp3) is 0.429. The molecule has 1 atom stereocenters. The molecule has 1 aromatic rings. The molecule has 1 aromatic heterocycles. The molecule has 1 saturated heterocycles. The Bertz CT molecular complexity index is 519. The third-order valence-corrected chi connectivity index (χ3v) is 3.18. The van der Waals surface area contributed by atoms with Crippen LogP contribution in [0.3, 0.4) is 0 Å². The van der Waals surface area contributed by atoms with Gasteiger partial charge in [-0.05, 0) is 25.0 Å². The van der Waals surface area contributed by atoms with Crippen LogP contribution in [-0.2, 0) is 0 Å². The summed E-state index contributed by atoms with van der Waals surface area (Å²) < 4.78 is 0. The van der Waals surface area contributed by atoms with Crippen LogP contribution in [0.25, 0.3) is 0 Å². The maximum Gasteiger partial charge on any atom is 0.274 e. The van der Waals surface area contributed by atoms with E-state index in [4.69, 9.17) is 5.73 Å². The van der Waals surface area contributed by atoms with Crippen LogP contribution in [-0.4, -0.2) is 46.6 Å². The van der Waals surface area contributed by atoms with Crippen molar-refractivity contribution < 1.29 is 9.90 Å². The fourth-order valence-corrected chi connectivity index (χ4v) is 2.25. The van der Waals surface area contributed by atoms with E-state index in [0.29, 0.717) is 17.8 Å². The Morgan fingerprint density at radius 3 is 3.21 bits per heavy atom. The molecule has 1 fully saturated rings. The van der Waals surface area contributed by atoms with Gasteiger partial charge in [0.15, 0.2) is 0 Å². The maximum atomic E-state index is 12.5. The Balaban J connectivity index is 2.28. The van der Waals surface area contributed by atoms with Crippen molar-refractivity contribution in [2.75, 3.05) is 19.7 Å². The predicted octanol–water partition coefficient (Wildman–Crippen LogP) is -0.0113. The fourth-order valence-electron chi connectivity index (χ4n) is 2.25. The zero-order valence-corrected chi connectivity index (χ0v) is 10.7. The second kappa shape index (κ2) is 6.32. The summed E-state index contributed by atoms with van der Waals surface area (Å²) in [6, 6.07) is 3.39. The first-order chi connectivity index (χ1) is 9.27. The number of nitrogens with two attached hydrogens (primary N) is 1. The van der Waals surface area contributed by atoms with Gasteiger partial charge in [-0.25, -0.2) is 4.98 Å². The first-order valence-corrected chi connectivity index (χ1v) is 6.33. The van der Waals surface area contributed by atoms with Crippen molar-refractivity contribution in [1.29, 1.82) is 0 Å². The van der Waals surface area contributed by atoms with Gasteiger partial charge in [-0.1, -0.05) is 11.8 Å². The lowest BCUT2D eigenvalue weighted by atomic mass is 10.1. The monoisotopic (exact) mass is 259 g/mol. The Kier molecular flexibility index (Phi) is 4.50. The van der Waals surface area contributed by atoms with E-state index in [2.05, 4.69) is 16.8 Å². The minimum Gasteiger partial charge on any atom is -0.394 e. The van der Waals surface area contributed by atoms with Crippen molar-refractivity contribution in [3.05, 3.63) is 29.6 Å². The maximum absolute atomic E-state index is 12.5. The zero-order chi connectivity index (χ0) is 13.7. The smallest absolute Gasteiger partial charge is 0.274 e. The van der Waals surface area contributed by atoms with Crippen LogP contribution in [0, 0.1) is 11.8 Å². The standard InChI is InChI=1S/C14H17N3O2/c15-7-1-4-11-5-2-8-16-13(11)14(19)17-9-3-6-12(17)10-18/h2,5,8,12,18H,3,6-7,9-10,15H2. The molecule has 0 aromatic carbocycles. The normalized spacial score (nSPS) is 18.0. The molecular formula is C14H17N3O2. The van der Waals surface area contributed by atoms with Crippen LogP contribution < -0.4 is 5.73 Å². The second-order valence-corrected chi connectivity index (χ2v) is 4.38. The van der Waals surface area contributed by atoms with Gasteiger partial charge in [-0.2, -0.15) is 0 Å². The number of carbonyl (C=O) groups is 1. The van der Waals surface area contributed by atoms with E-state index in [9.17, 15) is 9.90 Å². The summed E-state index contributed by atoms with van der Waals surface area (Å²) in [5.41, 5.74) is 6.27. The van der Waals surface area contributed by atoms with Crippen LogP contribution in [0.5, 0.6) is 0 Å². The first kappa shape index (κ1) is 13.5. The summed E-state index contributed by atoms with van der Waals surface area (Å²) in [6.07, 6.45) is 3.32. The second-order valence-electron chi connectivity index (χ2n) is 4.38.